The van der Waals surface area contributed by atoms with Crippen LogP contribution >= 0.6 is 0 Å². The van der Waals surface area contributed by atoms with Crippen LogP contribution in [-0.2, 0) is 9.59 Å². The van der Waals surface area contributed by atoms with Gasteiger partial charge in [0.1, 0.15) is 5.82 Å². The van der Waals surface area contributed by atoms with Gasteiger partial charge in [0.05, 0.1) is 5.41 Å². The number of nitrogens with zero attached hydrogens (tertiary/aromatic N) is 1. The molecular formula is C16H17FN2O2. The molecule has 1 aromatic carbocycles. The van der Waals surface area contributed by atoms with Crippen LogP contribution in [0.4, 0.5) is 4.39 Å². The average molecular weight is 288 g/mol. The fourth-order valence-electron chi connectivity index (χ4n) is 3.05. The Bertz CT molecular complexity index is 597. The van der Waals surface area contributed by atoms with E-state index in [1.165, 1.54) is 12.1 Å². The molecule has 3 rings (SSSR count). The Morgan fingerprint density at radius 2 is 2.05 bits per heavy atom. The van der Waals surface area contributed by atoms with Crippen LogP contribution in [0, 0.1) is 11.2 Å². The number of amides is 2. The van der Waals surface area contributed by atoms with E-state index in [1.54, 1.807) is 12.1 Å². The molecule has 2 heterocycles. The topological polar surface area (TPSA) is 49.4 Å². The maximum Gasteiger partial charge on any atom is 0.234 e. The van der Waals surface area contributed by atoms with E-state index in [-0.39, 0.29) is 17.6 Å². The van der Waals surface area contributed by atoms with Crippen molar-refractivity contribution in [1.29, 1.82) is 0 Å². The molecule has 2 amide bonds. The first-order chi connectivity index (χ1) is 10.1. The molecular weight excluding hydrogens is 271 g/mol. The minimum Gasteiger partial charge on any atom is -0.299 e. The van der Waals surface area contributed by atoms with Gasteiger partial charge in [-0.25, -0.2) is 4.39 Å². The molecule has 1 spiro atoms. The Morgan fingerprint density at radius 1 is 1.29 bits per heavy atom. The van der Waals surface area contributed by atoms with E-state index in [0.29, 0.717) is 13.0 Å². The van der Waals surface area contributed by atoms with Crippen LogP contribution in [0.2, 0.25) is 0 Å². The Hall–Kier alpha value is -2.01. The second-order valence-corrected chi connectivity index (χ2v) is 5.77. The van der Waals surface area contributed by atoms with Gasteiger partial charge in [0, 0.05) is 19.5 Å². The molecule has 2 fully saturated rings. The van der Waals surface area contributed by atoms with Gasteiger partial charge in [0.25, 0.3) is 0 Å². The molecule has 2 saturated heterocycles. The number of nitrogens with one attached hydrogen (secondary N) is 1. The lowest BCUT2D eigenvalue weighted by atomic mass is 9.85. The van der Waals surface area contributed by atoms with Gasteiger partial charge in [-0.3, -0.25) is 19.8 Å². The van der Waals surface area contributed by atoms with Gasteiger partial charge in [-0.05, 0) is 30.7 Å². The first kappa shape index (κ1) is 13.9. The molecule has 110 valence electrons. The Balaban J connectivity index is 1.57. The number of halogens is 1. The van der Waals surface area contributed by atoms with E-state index < -0.39 is 5.41 Å². The van der Waals surface area contributed by atoms with Gasteiger partial charge in [-0.15, -0.1) is 0 Å². The van der Waals surface area contributed by atoms with E-state index in [9.17, 15) is 14.0 Å². The van der Waals surface area contributed by atoms with E-state index in [4.69, 9.17) is 0 Å². The summed E-state index contributed by atoms with van der Waals surface area (Å²) in [6.07, 6.45) is 4.98. The number of hydrogen-bond acceptors (Lipinski definition) is 3. The van der Waals surface area contributed by atoms with Crippen molar-refractivity contribution in [2.75, 3.05) is 19.6 Å². The summed E-state index contributed by atoms with van der Waals surface area (Å²) in [6.45, 7) is 2.16. The number of carbonyl (C=O) groups excluding carboxylic acids is 2. The van der Waals surface area contributed by atoms with E-state index in [2.05, 4.69) is 10.2 Å². The standard InChI is InChI=1S/C16H17FN2O2/c17-13-5-3-12(4-6-13)2-1-8-19-9-7-16(11-19)10-14(20)18-15(16)21/h1-6H,7-11H2,(H,18,20,21). The van der Waals surface area contributed by atoms with Gasteiger partial charge in [0.15, 0.2) is 0 Å². The zero-order chi connectivity index (χ0) is 14.9. The molecule has 1 atom stereocenters. The van der Waals surface area contributed by atoms with Crippen LogP contribution in [0.5, 0.6) is 0 Å². The van der Waals surface area contributed by atoms with Crippen molar-refractivity contribution in [3.8, 4) is 0 Å². The molecule has 0 saturated carbocycles. The number of rotatable bonds is 3. The molecule has 0 radical (unpaired) electrons. The molecule has 21 heavy (non-hydrogen) atoms. The van der Waals surface area contributed by atoms with Crippen LogP contribution in [0.15, 0.2) is 30.3 Å². The molecule has 5 heteroatoms. The fourth-order valence-corrected chi connectivity index (χ4v) is 3.05. The second kappa shape index (κ2) is 5.41. The molecule has 2 aliphatic heterocycles. The van der Waals surface area contributed by atoms with Crippen molar-refractivity contribution in [2.24, 2.45) is 5.41 Å². The average Bonchev–Trinajstić information content (AvgIpc) is 2.97. The highest BCUT2D eigenvalue weighted by Gasteiger charge is 2.50. The van der Waals surface area contributed by atoms with Crippen molar-refractivity contribution < 1.29 is 14.0 Å². The van der Waals surface area contributed by atoms with Crippen molar-refractivity contribution in [1.82, 2.24) is 10.2 Å². The molecule has 2 aliphatic rings. The number of carbonyl (C=O) groups is 2. The molecule has 1 unspecified atom stereocenters. The Kier molecular flexibility index (Phi) is 3.59. The predicted molar refractivity (Wildman–Crippen MR) is 76.7 cm³/mol. The third-order valence-corrected chi connectivity index (χ3v) is 4.21. The lowest BCUT2D eigenvalue weighted by molar-refractivity contribution is -0.128. The first-order valence-corrected chi connectivity index (χ1v) is 7.06. The summed E-state index contributed by atoms with van der Waals surface area (Å²) >= 11 is 0. The predicted octanol–water partition coefficient (Wildman–Crippen LogP) is 1.58. The van der Waals surface area contributed by atoms with Crippen LogP contribution in [0.25, 0.3) is 6.08 Å². The summed E-state index contributed by atoms with van der Waals surface area (Å²) in [7, 11) is 0. The smallest absolute Gasteiger partial charge is 0.234 e. The van der Waals surface area contributed by atoms with Gasteiger partial charge >= 0.3 is 0 Å². The van der Waals surface area contributed by atoms with Crippen molar-refractivity contribution >= 4 is 17.9 Å². The van der Waals surface area contributed by atoms with Gasteiger partial charge in [-0.2, -0.15) is 0 Å². The molecule has 4 nitrogen and oxygen atoms in total. The summed E-state index contributed by atoms with van der Waals surface area (Å²) in [5.41, 5.74) is 0.431. The summed E-state index contributed by atoms with van der Waals surface area (Å²) < 4.78 is 12.8. The monoisotopic (exact) mass is 288 g/mol. The zero-order valence-electron chi connectivity index (χ0n) is 11.6. The van der Waals surface area contributed by atoms with Gasteiger partial charge in [0.2, 0.25) is 11.8 Å². The Labute approximate surface area is 122 Å². The number of likely N-dealkylation sites (tertiary alicyclic amines) is 1. The van der Waals surface area contributed by atoms with E-state index in [1.807, 2.05) is 12.2 Å². The first-order valence-electron chi connectivity index (χ1n) is 7.06. The highest BCUT2D eigenvalue weighted by molar-refractivity contribution is 6.06. The summed E-state index contributed by atoms with van der Waals surface area (Å²) in [5.74, 6) is -0.535. The van der Waals surface area contributed by atoms with E-state index in [0.717, 1.165) is 25.1 Å². The van der Waals surface area contributed by atoms with Crippen molar-refractivity contribution in [3.63, 3.8) is 0 Å². The second-order valence-electron chi connectivity index (χ2n) is 5.77. The van der Waals surface area contributed by atoms with Crippen LogP contribution < -0.4 is 5.32 Å². The van der Waals surface area contributed by atoms with Crippen LogP contribution in [0.3, 0.4) is 0 Å². The zero-order valence-corrected chi connectivity index (χ0v) is 11.6. The minimum atomic E-state index is -0.513. The van der Waals surface area contributed by atoms with Crippen LogP contribution in [0.1, 0.15) is 18.4 Å². The lowest BCUT2D eigenvalue weighted by Crippen LogP contribution is -2.34. The maximum atomic E-state index is 12.8. The highest BCUT2D eigenvalue weighted by atomic mass is 19.1. The summed E-state index contributed by atoms with van der Waals surface area (Å²) in [4.78, 5) is 25.4. The summed E-state index contributed by atoms with van der Waals surface area (Å²) in [5, 5.41) is 2.40. The fraction of sp³-hybridized carbons (Fsp3) is 0.375. The third-order valence-electron chi connectivity index (χ3n) is 4.21. The van der Waals surface area contributed by atoms with Crippen molar-refractivity contribution in [2.45, 2.75) is 12.8 Å². The molecule has 1 N–H and O–H groups in total. The molecule has 0 aromatic heterocycles. The number of hydrogen-bond donors (Lipinski definition) is 1. The van der Waals surface area contributed by atoms with Gasteiger partial charge < -0.3 is 0 Å². The van der Waals surface area contributed by atoms with E-state index >= 15 is 0 Å². The summed E-state index contributed by atoms with van der Waals surface area (Å²) in [6, 6.07) is 6.30. The van der Waals surface area contributed by atoms with Crippen LogP contribution in [-0.4, -0.2) is 36.3 Å². The minimum absolute atomic E-state index is 0.127. The molecule has 0 bridgehead atoms. The number of imide groups is 1. The Morgan fingerprint density at radius 3 is 2.71 bits per heavy atom. The maximum absolute atomic E-state index is 12.8. The largest absolute Gasteiger partial charge is 0.299 e. The number of benzene rings is 1. The normalized spacial score (nSPS) is 26.1. The third kappa shape index (κ3) is 2.88. The lowest BCUT2D eigenvalue weighted by Gasteiger charge is -2.19. The van der Waals surface area contributed by atoms with Crippen molar-refractivity contribution in [3.05, 3.63) is 41.7 Å². The molecule has 0 aliphatic carbocycles. The quantitative estimate of drug-likeness (QED) is 0.859. The SMILES string of the molecule is O=C1CC2(CCN(CC=Cc3ccc(F)cc3)C2)C(=O)N1. The highest BCUT2D eigenvalue weighted by Crippen LogP contribution is 2.37. The van der Waals surface area contributed by atoms with Gasteiger partial charge in [-0.1, -0.05) is 24.3 Å². The molecule has 1 aromatic rings.